The summed E-state index contributed by atoms with van der Waals surface area (Å²) in [5, 5.41) is 5.32. The molecule has 0 spiro atoms. The molecule has 0 unspecified atom stereocenters. The molecule has 2 N–H and O–H groups in total. The number of hydrogen-bond acceptors (Lipinski definition) is 7. The van der Waals surface area contributed by atoms with Crippen molar-refractivity contribution >= 4 is 55.8 Å². The molecule has 0 atom stereocenters. The fourth-order valence-corrected chi connectivity index (χ4v) is 6.61. The Hall–Kier alpha value is -4.72. The van der Waals surface area contributed by atoms with E-state index in [-0.39, 0.29) is 10.8 Å². The van der Waals surface area contributed by atoms with E-state index in [2.05, 4.69) is 87.2 Å². The molecule has 0 amide bonds. The molecule has 0 bridgehead atoms. The van der Waals surface area contributed by atoms with Crippen molar-refractivity contribution in [2.45, 2.75) is 52.4 Å². The standard InChI is InChI=1S/C20H18N2S.C11H14O.C9H8N2S/c1-20(2,3)14-8-6-13(7-9-14)17-15-10-12-23-19(15)18-16(22-17)5-4-11-21-18;1-11(2,3)10-6-4-9(8-12)5-7-10;10-7-3-1-5-11-9(7)8-4-2-6-12-8/h4-12H,1-3H3;4-8H,1-3H3;1-6H,10H2. The van der Waals surface area contributed by atoms with Crippen molar-refractivity contribution in [1.82, 2.24) is 15.0 Å². The molecular formula is C40H40N4OS2. The third-order valence-electron chi connectivity index (χ3n) is 7.68. The highest BCUT2D eigenvalue weighted by atomic mass is 32.1. The number of fused-ring (bicyclic) bond motifs is 3. The molecule has 5 nitrogen and oxygen atoms in total. The minimum atomic E-state index is 0.164. The lowest BCUT2D eigenvalue weighted by Gasteiger charge is -2.19. The van der Waals surface area contributed by atoms with Gasteiger partial charge in [0.2, 0.25) is 0 Å². The minimum absolute atomic E-state index is 0.164. The fourth-order valence-electron chi connectivity index (χ4n) is 4.97. The monoisotopic (exact) mass is 656 g/mol. The van der Waals surface area contributed by atoms with Crippen molar-refractivity contribution in [3.05, 3.63) is 131 Å². The Balaban J connectivity index is 0.000000153. The van der Waals surface area contributed by atoms with Gasteiger partial charge in [-0.3, -0.25) is 14.8 Å². The van der Waals surface area contributed by atoms with Crippen LogP contribution in [-0.2, 0) is 10.8 Å². The quantitative estimate of drug-likeness (QED) is 0.191. The molecule has 0 fully saturated rings. The highest BCUT2D eigenvalue weighted by Gasteiger charge is 2.16. The van der Waals surface area contributed by atoms with Gasteiger partial charge in [0.05, 0.1) is 26.5 Å². The number of aldehydes is 1. The number of anilines is 1. The van der Waals surface area contributed by atoms with E-state index in [1.807, 2.05) is 72.2 Å². The Kier molecular flexibility index (Phi) is 10.3. The van der Waals surface area contributed by atoms with Crippen LogP contribution in [0.3, 0.4) is 0 Å². The minimum Gasteiger partial charge on any atom is -0.397 e. The smallest absolute Gasteiger partial charge is 0.150 e. The molecule has 7 rings (SSSR count). The van der Waals surface area contributed by atoms with Gasteiger partial charge in [0.1, 0.15) is 17.5 Å². The van der Waals surface area contributed by atoms with Crippen molar-refractivity contribution in [3.63, 3.8) is 0 Å². The van der Waals surface area contributed by atoms with E-state index in [0.717, 1.165) is 50.4 Å². The average molecular weight is 657 g/mol. The highest BCUT2D eigenvalue weighted by molar-refractivity contribution is 7.18. The average Bonchev–Trinajstić information content (AvgIpc) is 3.78. The zero-order valence-corrected chi connectivity index (χ0v) is 29.3. The summed E-state index contributed by atoms with van der Waals surface area (Å²) in [7, 11) is 0. The SMILES string of the molecule is CC(C)(C)c1ccc(-c2nc3cccnc3c3sccc23)cc1.CC(C)(C)c1ccc(C=O)cc1.Nc1cccnc1-c1cccs1. The maximum absolute atomic E-state index is 10.4. The number of hydrogen-bond donors (Lipinski definition) is 1. The predicted molar refractivity (Wildman–Crippen MR) is 202 cm³/mol. The van der Waals surface area contributed by atoms with E-state index < -0.39 is 0 Å². The molecule has 0 aliphatic carbocycles. The molecule has 238 valence electrons. The van der Waals surface area contributed by atoms with Crippen molar-refractivity contribution in [1.29, 1.82) is 0 Å². The second-order valence-electron chi connectivity index (χ2n) is 13.2. The maximum atomic E-state index is 10.4. The number of thiophene rings is 2. The molecule has 0 radical (unpaired) electrons. The van der Waals surface area contributed by atoms with Crippen LogP contribution in [0.5, 0.6) is 0 Å². The Bertz CT molecular complexity index is 2070. The number of rotatable bonds is 3. The zero-order valence-electron chi connectivity index (χ0n) is 27.7. The number of nitrogens with zero attached hydrogens (tertiary/aromatic N) is 3. The summed E-state index contributed by atoms with van der Waals surface area (Å²) in [6, 6.07) is 30.3. The van der Waals surface area contributed by atoms with E-state index >= 15 is 0 Å². The molecule has 0 aliphatic rings. The summed E-state index contributed by atoms with van der Waals surface area (Å²) in [4.78, 5) is 25.1. The first-order valence-corrected chi connectivity index (χ1v) is 17.2. The third kappa shape index (κ3) is 8.17. The van der Waals surface area contributed by atoms with Crippen molar-refractivity contribution in [3.8, 4) is 21.8 Å². The predicted octanol–water partition coefficient (Wildman–Crippen LogP) is 11.0. The van der Waals surface area contributed by atoms with Crippen LogP contribution in [0.2, 0.25) is 0 Å². The molecule has 0 aliphatic heterocycles. The zero-order chi connectivity index (χ0) is 33.6. The highest BCUT2D eigenvalue weighted by Crippen LogP contribution is 2.35. The van der Waals surface area contributed by atoms with Gasteiger partial charge in [0.25, 0.3) is 0 Å². The van der Waals surface area contributed by atoms with Crippen LogP contribution in [0, 0.1) is 0 Å². The number of nitrogens with two attached hydrogens (primary N) is 1. The van der Waals surface area contributed by atoms with Crippen LogP contribution in [0.15, 0.2) is 114 Å². The molecule has 47 heavy (non-hydrogen) atoms. The van der Waals surface area contributed by atoms with Gasteiger partial charge in [0, 0.05) is 28.9 Å². The lowest BCUT2D eigenvalue weighted by molar-refractivity contribution is 0.112. The van der Waals surface area contributed by atoms with Crippen molar-refractivity contribution < 1.29 is 4.79 Å². The second-order valence-corrected chi connectivity index (χ2v) is 15.1. The Morgan fingerprint density at radius 3 is 1.89 bits per heavy atom. The lowest BCUT2D eigenvalue weighted by atomic mass is 9.86. The largest absolute Gasteiger partial charge is 0.397 e. The maximum Gasteiger partial charge on any atom is 0.150 e. The Morgan fingerprint density at radius 2 is 1.30 bits per heavy atom. The summed E-state index contributed by atoms with van der Waals surface area (Å²) in [6.45, 7) is 13.2. The van der Waals surface area contributed by atoms with Gasteiger partial charge in [-0.25, -0.2) is 4.98 Å². The normalized spacial score (nSPS) is 11.4. The number of aromatic nitrogens is 3. The van der Waals surface area contributed by atoms with Crippen molar-refractivity contribution in [2.75, 3.05) is 5.73 Å². The van der Waals surface area contributed by atoms with E-state index in [0.29, 0.717) is 0 Å². The number of benzene rings is 2. The van der Waals surface area contributed by atoms with Gasteiger partial charge in [-0.05, 0) is 69.1 Å². The Labute approximate surface area is 285 Å². The van der Waals surface area contributed by atoms with E-state index in [9.17, 15) is 4.79 Å². The van der Waals surface area contributed by atoms with Crippen LogP contribution >= 0.6 is 22.7 Å². The molecule has 2 aromatic carbocycles. The number of pyridine rings is 3. The van der Waals surface area contributed by atoms with Gasteiger partial charge in [-0.15, -0.1) is 22.7 Å². The van der Waals surface area contributed by atoms with E-state index in [1.54, 1.807) is 28.9 Å². The van der Waals surface area contributed by atoms with E-state index in [1.165, 1.54) is 21.2 Å². The van der Waals surface area contributed by atoms with Crippen LogP contribution < -0.4 is 5.73 Å². The summed E-state index contributed by atoms with van der Waals surface area (Å²) >= 11 is 3.38. The second kappa shape index (κ2) is 14.4. The molecule has 0 saturated carbocycles. The number of nitrogen functional groups attached to an aromatic ring is 1. The summed E-state index contributed by atoms with van der Waals surface area (Å²) in [6.07, 6.45) is 4.46. The first-order valence-electron chi connectivity index (χ1n) is 15.5. The molecule has 7 aromatic rings. The number of carbonyl (C=O) groups is 1. The molecule has 0 saturated heterocycles. The van der Waals surface area contributed by atoms with Gasteiger partial charge < -0.3 is 5.73 Å². The summed E-state index contributed by atoms with van der Waals surface area (Å²) in [5.41, 5.74) is 15.2. The van der Waals surface area contributed by atoms with Gasteiger partial charge in [-0.1, -0.05) is 96.1 Å². The van der Waals surface area contributed by atoms with Crippen LogP contribution in [0.1, 0.15) is 63.0 Å². The number of carbonyl (C=O) groups excluding carboxylic acids is 1. The van der Waals surface area contributed by atoms with Crippen LogP contribution in [0.4, 0.5) is 5.69 Å². The Morgan fingerprint density at radius 1 is 0.660 bits per heavy atom. The molecule has 5 heterocycles. The molecule has 7 heteroatoms. The third-order valence-corrected chi connectivity index (χ3v) is 9.48. The molecule has 5 aromatic heterocycles. The first kappa shape index (κ1) is 33.6. The lowest BCUT2D eigenvalue weighted by Crippen LogP contribution is -2.10. The van der Waals surface area contributed by atoms with Gasteiger partial charge in [-0.2, -0.15) is 0 Å². The van der Waals surface area contributed by atoms with Crippen LogP contribution in [0.25, 0.3) is 42.9 Å². The molecular weight excluding hydrogens is 617 g/mol. The van der Waals surface area contributed by atoms with E-state index in [4.69, 9.17) is 10.7 Å². The topological polar surface area (TPSA) is 81.8 Å². The van der Waals surface area contributed by atoms with Gasteiger partial charge in [0.15, 0.2) is 0 Å². The van der Waals surface area contributed by atoms with Crippen LogP contribution in [-0.4, -0.2) is 21.2 Å². The summed E-state index contributed by atoms with van der Waals surface area (Å²) < 4.78 is 1.21. The van der Waals surface area contributed by atoms with Gasteiger partial charge >= 0.3 is 0 Å². The fraction of sp³-hybridized carbons (Fsp3) is 0.200. The summed E-state index contributed by atoms with van der Waals surface area (Å²) in [5.74, 6) is 0. The first-order chi connectivity index (χ1) is 22.5. The van der Waals surface area contributed by atoms with Crippen molar-refractivity contribution in [2.24, 2.45) is 0 Å².